The van der Waals surface area contributed by atoms with Gasteiger partial charge in [-0.05, 0) is 92.1 Å². The van der Waals surface area contributed by atoms with Crippen LogP contribution in [0.3, 0.4) is 0 Å². The maximum atomic E-state index is 12.0. The molecule has 5 aliphatic carbocycles. The van der Waals surface area contributed by atoms with Gasteiger partial charge >= 0.3 is 6.16 Å². The summed E-state index contributed by atoms with van der Waals surface area (Å²) in [5.74, 6) is 3.20. The SMILES string of the molecule is C=C[C@@H]1CC2=CC(=O)CC[C@@H]2[C@H]2CC[C@@]3(CC)[C@@H]([C@H]4C[C@H]4[C@@]3(O)/C=C\OC(=O)O)[C@@H]21. The van der Waals surface area contributed by atoms with Crippen LogP contribution in [0, 0.1) is 46.8 Å². The number of hydrogen-bond acceptors (Lipinski definition) is 4. The molecule has 0 heterocycles. The molecule has 5 aliphatic rings. The third-order valence-electron chi connectivity index (χ3n) is 9.57. The Kier molecular flexibility index (Phi) is 4.55. The third-order valence-corrected chi connectivity index (χ3v) is 9.57. The van der Waals surface area contributed by atoms with Gasteiger partial charge in [0.05, 0.1) is 11.9 Å². The molecule has 0 unspecified atom stereocenters. The lowest BCUT2D eigenvalue weighted by molar-refractivity contribution is -0.134. The van der Waals surface area contributed by atoms with E-state index < -0.39 is 11.8 Å². The van der Waals surface area contributed by atoms with E-state index in [1.165, 1.54) is 11.8 Å². The van der Waals surface area contributed by atoms with Gasteiger partial charge < -0.3 is 14.9 Å². The van der Waals surface area contributed by atoms with Crippen LogP contribution in [-0.2, 0) is 9.53 Å². The molecule has 2 N–H and O–H groups in total. The molecular formula is C25H32O5. The number of allylic oxidation sites excluding steroid dienone is 2. The number of ether oxygens (including phenoxy) is 1. The minimum Gasteiger partial charge on any atom is -0.449 e. The first-order valence-electron chi connectivity index (χ1n) is 11.5. The highest BCUT2D eigenvalue weighted by Crippen LogP contribution is 2.77. The van der Waals surface area contributed by atoms with Crippen LogP contribution in [0.15, 0.2) is 36.6 Å². The van der Waals surface area contributed by atoms with Crippen LogP contribution in [0.25, 0.3) is 0 Å². The maximum Gasteiger partial charge on any atom is 0.510 e. The van der Waals surface area contributed by atoms with Crippen molar-refractivity contribution in [1.29, 1.82) is 0 Å². The van der Waals surface area contributed by atoms with E-state index >= 15 is 0 Å². The van der Waals surface area contributed by atoms with E-state index in [2.05, 4.69) is 24.3 Å². The Morgan fingerprint density at radius 1 is 1.37 bits per heavy atom. The number of carbonyl (C=O) groups excluding carboxylic acids is 1. The first-order chi connectivity index (χ1) is 14.4. The fourth-order valence-electron chi connectivity index (χ4n) is 8.52. The van der Waals surface area contributed by atoms with Crippen LogP contribution in [0.4, 0.5) is 4.79 Å². The molecule has 5 nitrogen and oxygen atoms in total. The zero-order chi connectivity index (χ0) is 21.3. The third kappa shape index (κ3) is 2.57. The van der Waals surface area contributed by atoms with E-state index in [0.717, 1.165) is 38.5 Å². The summed E-state index contributed by atoms with van der Waals surface area (Å²) in [6.07, 6.45) is 11.9. The predicted octanol–water partition coefficient (Wildman–Crippen LogP) is 4.73. The molecule has 0 spiro atoms. The van der Waals surface area contributed by atoms with Crippen LogP contribution < -0.4 is 0 Å². The Labute approximate surface area is 177 Å². The Hall–Kier alpha value is -1.88. The lowest BCUT2D eigenvalue weighted by atomic mass is 9.46. The van der Waals surface area contributed by atoms with E-state index in [0.29, 0.717) is 41.9 Å². The standard InChI is InChI=1S/C25H32O5/c1-3-14-11-15-12-16(26)5-6-17(15)18-7-8-24(4-2)22(21(14)18)19-13-20(19)25(24,29)9-10-30-23(27)28/h3,9-10,12,14,17-22,29H,1,4-8,11,13H2,2H3,(H,27,28)/b10-9-/t14-,17+,18-,19+,20-,21-,22+,24+,25+/m1/s1. The van der Waals surface area contributed by atoms with Gasteiger partial charge in [0, 0.05) is 11.8 Å². The molecule has 0 aromatic rings. The highest BCUT2D eigenvalue weighted by atomic mass is 16.7. The topological polar surface area (TPSA) is 83.8 Å². The highest BCUT2D eigenvalue weighted by Gasteiger charge is 2.76. The molecule has 0 aromatic carbocycles. The van der Waals surface area contributed by atoms with Crippen molar-refractivity contribution in [2.24, 2.45) is 46.8 Å². The van der Waals surface area contributed by atoms with Crippen molar-refractivity contribution in [3.8, 4) is 0 Å². The first-order valence-corrected chi connectivity index (χ1v) is 11.5. The number of carbonyl (C=O) groups is 2. The normalized spacial score (nSPS) is 48.8. The number of carboxylic acid groups (broad SMARTS) is 1. The molecular weight excluding hydrogens is 380 g/mol. The number of hydrogen-bond donors (Lipinski definition) is 2. The quantitative estimate of drug-likeness (QED) is 0.396. The monoisotopic (exact) mass is 412 g/mol. The highest BCUT2D eigenvalue weighted by molar-refractivity contribution is 5.91. The van der Waals surface area contributed by atoms with E-state index in [9.17, 15) is 14.7 Å². The van der Waals surface area contributed by atoms with Crippen LogP contribution >= 0.6 is 0 Å². The lowest BCUT2D eigenvalue weighted by Crippen LogP contribution is -2.57. The zero-order valence-electron chi connectivity index (χ0n) is 17.6. The number of aliphatic hydroxyl groups is 1. The van der Waals surface area contributed by atoms with Gasteiger partial charge in [-0.15, -0.1) is 6.58 Å². The van der Waals surface area contributed by atoms with E-state index in [1.54, 1.807) is 6.08 Å². The number of fused-ring (bicyclic) bond motifs is 7. The summed E-state index contributed by atoms with van der Waals surface area (Å²) in [4.78, 5) is 22.9. The molecule has 0 bridgehead atoms. The Bertz CT molecular complexity index is 842. The van der Waals surface area contributed by atoms with Crippen molar-refractivity contribution >= 4 is 11.9 Å². The van der Waals surface area contributed by atoms with Crippen molar-refractivity contribution < 1.29 is 24.5 Å². The second-order valence-corrected chi connectivity index (χ2v) is 10.3. The second-order valence-electron chi connectivity index (χ2n) is 10.3. The summed E-state index contributed by atoms with van der Waals surface area (Å²) in [6.45, 7) is 6.34. The summed E-state index contributed by atoms with van der Waals surface area (Å²) >= 11 is 0. The molecule has 30 heavy (non-hydrogen) atoms. The van der Waals surface area contributed by atoms with Gasteiger partial charge in [0.15, 0.2) is 5.78 Å². The summed E-state index contributed by atoms with van der Waals surface area (Å²) in [5, 5.41) is 20.8. The van der Waals surface area contributed by atoms with Crippen molar-refractivity contribution in [3.05, 3.63) is 36.6 Å². The zero-order valence-corrected chi connectivity index (χ0v) is 17.6. The van der Waals surface area contributed by atoms with Crippen LogP contribution in [0.5, 0.6) is 0 Å². The van der Waals surface area contributed by atoms with Gasteiger partial charge in [-0.1, -0.05) is 18.6 Å². The molecule has 4 saturated carbocycles. The fourth-order valence-corrected chi connectivity index (χ4v) is 8.52. The fraction of sp³-hybridized carbons (Fsp3) is 0.680. The number of rotatable bonds is 4. The van der Waals surface area contributed by atoms with E-state index in [-0.39, 0.29) is 17.1 Å². The molecule has 5 rings (SSSR count). The van der Waals surface area contributed by atoms with Crippen molar-refractivity contribution in [3.63, 3.8) is 0 Å². The lowest BCUT2D eigenvalue weighted by Gasteiger charge is -2.59. The van der Waals surface area contributed by atoms with Gasteiger partial charge in [0.25, 0.3) is 0 Å². The average Bonchev–Trinajstić information content (AvgIpc) is 3.48. The molecule has 4 fully saturated rings. The van der Waals surface area contributed by atoms with Gasteiger partial charge in [-0.2, -0.15) is 0 Å². The van der Waals surface area contributed by atoms with Crippen molar-refractivity contribution in [1.82, 2.24) is 0 Å². The van der Waals surface area contributed by atoms with Crippen molar-refractivity contribution in [2.45, 2.75) is 57.5 Å². The summed E-state index contributed by atoms with van der Waals surface area (Å²) in [6, 6.07) is 0. The predicted molar refractivity (Wildman–Crippen MR) is 111 cm³/mol. The largest absolute Gasteiger partial charge is 0.510 e. The minimum atomic E-state index is -1.35. The molecule has 9 atom stereocenters. The molecule has 5 heteroatoms. The first kappa shape index (κ1) is 20.0. The average molecular weight is 413 g/mol. The van der Waals surface area contributed by atoms with Crippen LogP contribution in [0.2, 0.25) is 0 Å². The Morgan fingerprint density at radius 3 is 2.87 bits per heavy atom. The number of ketones is 1. The maximum absolute atomic E-state index is 12.0. The van der Waals surface area contributed by atoms with Crippen LogP contribution in [-0.4, -0.2) is 27.8 Å². The van der Waals surface area contributed by atoms with Gasteiger partial charge in [0.2, 0.25) is 0 Å². The summed E-state index contributed by atoms with van der Waals surface area (Å²) < 4.78 is 4.66. The molecule has 0 aliphatic heterocycles. The van der Waals surface area contributed by atoms with E-state index in [4.69, 9.17) is 5.11 Å². The molecule has 0 aromatic heterocycles. The molecule has 162 valence electrons. The van der Waals surface area contributed by atoms with Crippen molar-refractivity contribution in [2.75, 3.05) is 0 Å². The van der Waals surface area contributed by atoms with Gasteiger partial charge in [-0.3, -0.25) is 4.79 Å². The molecule has 0 radical (unpaired) electrons. The van der Waals surface area contributed by atoms with E-state index in [1.807, 2.05) is 6.08 Å². The Morgan fingerprint density at radius 2 is 2.17 bits per heavy atom. The van der Waals surface area contributed by atoms with Gasteiger partial charge in [0.1, 0.15) is 0 Å². The smallest absolute Gasteiger partial charge is 0.449 e. The van der Waals surface area contributed by atoms with Gasteiger partial charge in [-0.25, -0.2) is 4.79 Å². The molecule has 0 saturated heterocycles. The van der Waals surface area contributed by atoms with Crippen LogP contribution in [0.1, 0.15) is 51.9 Å². The molecule has 0 amide bonds. The second kappa shape index (κ2) is 6.81. The Balaban J connectivity index is 1.53. The summed E-state index contributed by atoms with van der Waals surface area (Å²) in [7, 11) is 0. The summed E-state index contributed by atoms with van der Waals surface area (Å²) in [5.41, 5.74) is 0.0753. The minimum absolute atomic E-state index is 0.185.